The number of ether oxygens (including phenoxy) is 1. The van der Waals surface area contributed by atoms with Crippen molar-refractivity contribution in [2.75, 3.05) is 7.11 Å². The van der Waals surface area contributed by atoms with E-state index in [1.165, 1.54) is 57.2 Å². The van der Waals surface area contributed by atoms with E-state index < -0.39 is 0 Å². The monoisotopic (exact) mass is 388 g/mol. The summed E-state index contributed by atoms with van der Waals surface area (Å²) in [6, 6.07) is 0. The lowest BCUT2D eigenvalue weighted by Gasteiger charge is -2.04. The molecule has 1 heterocycles. The highest BCUT2D eigenvalue weighted by atomic mass is 79.9. The maximum absolute atomic E-state index is 11.4. The zero-order valence-electron chi connectivity index (χ0n) is 15.2. The first-order chi connectivity index (χ1) is 10.6. The number of hydrogen-bond acceptors (Lipinski definition) is 2. The summed E-state index contributed by atoms with van der Waals surface area (Å²) in [5, 5.41) is 0. The fourth-order valence-electron chi connectivity index (χ4n) is 2.82. The van der Waals surface area contributed by atoms with Crippen LogP contribution in [0.3, 0.4) is 0 Å². The quantitative estimate of drug-likeness (QED) is 0.315. The number of rotatable bonds is 11. The number of aromatic nitrogens is 2. The van der Waals surface area contributed by atoms with E-state index in [4.69, 9.17) is 4.74 Å². The lowest BCUT2D eigenvalue weighted by Crippen LogP contribution is -3.00. The lowest BCUT2D eigenvalue weighted by molar-refractivity contribution is -0.703. The molecule has 0 fully saturated rings. The molecule has 0 unspecified atom stereocenters. The molecule has 134 valence electrons. The van der Waals surface area contributed by atoms with Crippen LogP contribution in [0.4, 0.5) is 0 Å². The second kappa shape index (κ2) is 12.6. The van der Waals surface area contributed by atoms with Gasteiger partial charge in [-0.3, -0.25) is 4.79 Å². The first-order valence-corrected chi connectivity index (χ1v) is 8.79. The molecule has 0 saturated heterocycles. The van der Waals surface area contributed by atoms with Gasteiger partial charge in [-0.25, -0.2) is 9.13 Å². The summed E-state index contributed by atoms with van der Waals surface area (Å²) < 4.78 is 9.52. The zero-order valence-corrected chi connectivity index (χ0v) is 16.8. The Bertz CT molecular complexity index is 458. The summed E-state index contributed by atoms with van der Waals surface area (Å²) in [7, 11) is 1.46. The summed E-state index contributed by atoms with van der Waals surface area (Å²) in [4.78, 5) is 11.4. The number of esters is 1. The van der Waals surface area contributed by atoms with Crippen LogP contribution in [0.25, 0.3) is 0 Å². The van der Waals surface area contributed by atoms with Crippen molar-refractivity contribution >= 4 is 5.97 Å². The topological polar surface area (TPSA) is 35.1 Å². The van der Waals surface area contributed by atoms with Crippen molar-refractivity contribution in [2.24, 2.45) is 0 Å². The number of aryl methyl sites for hydroxylation is 2. The highest BCUT2D eigenvalue weighted by molar-refractivity contribution is 5.69. The van der Waals surface area contributed by atoms with Crippen LogP contribution in [0, 0.1) is 6.92 Å². The Kier molecular flexibility index (Phi) is 12.1. The average molecular weight is 389 g/mol. The third-order valence-corrected chi connectivity index (χ3v) is 4.26. The highest BCUT2D eigenvalue weighted by Gasteiger charge is 2.20. The van der Waals surface area contributed by atoms with Crippen molar-refractivity contribution < 1.29 is 31.1 Å². The Morgan fingerprint density at radius 2 is 1.83 bits per heavy atom. The van der Waals surface area contributed by atoms with Gasteiger partial charge < -0.3 is 21.7 Å². The maximum Gasteiger partial charge on any atom is 0.305 e. The molecular formula is C18H33BrN2O2. The van der Waals surface area contributed by atoms with Gasteiger partial charge in [0.1, 0.15) is 11.9 Å². The normalized spacial score (nSPS) is 10.4. The first kappa shape index (κ1) is 22.2. The number of carbonyl (C=O) groups excluding carboxylic acids is 1. The van der Waals surface area contributed by atoms with E-state index in [-0.39, 0.29) is 23.0 Å². The largest absolute Gasteiger partial charge is 1.00 e. The summed E-state index contributed by atoms with van der Waals surface area (Å²) in [5.74, 6) is 1.18. The Balaban J connectivity index is 0.00000484. The van der Waals surface area contributed by atoms with Crippen molar-refractivity contribution in [3.63, 3.8) is 0 Å². The van der Waals surface area contributed by atoms with Gasteiger partial charge in [-0.1, -0.05) is 26.7 Å². The maximum atomic E-state index is 11.4. The van der Waals surface area contributed by atoms with Crippen LogP contribution in [-0.4, -0.2) is 17.6 Å². The summed E-state index contributed by atoms with van der Waals surface area (Å²) in [6.45, 7) is 8.78. The molecule has 5 heteroatoms. The van der Waals surface area contributed by atoms with Gasteiger partial charge in [-0.05, 0) is 25.7 Å². The highest BCUT2D eigenvalue weighted by Crippen LogP contribution is 2.10. The van der Waals surface area contributed by atoms with Crippen LogP contribution in [0.2, 0.25) is 0 Å². The molecule has 0 aromatic carbocycles. The van der Waals surface area contributed by atoms with E-state index in [1.54, 1.807) is 0 Å². The lowest BCUT2D eigenvalue weighted by atomic mass is 10.2. The van der Waals surface area contributed by atoms with Crippen LogP contribution < -0.4 is 21.5 Å². The van der Waals surface area contributed by atoms with Gasteiger partial charge in [-0.2, -0.15) is 0 Å². The van der Waals surface area contributed by atoms with Crippen molar-refractivity contribution in [2.45, 2.75) is 85.2 Å². The Hall–Kier alpha value is -0.840. The Morgan fingerprint density at radius 3 is 2.43 bits per heavy atom. The van der Waals surface area contributed by atoms with Crippen LogP contribution >= 0.6 is 0 Å². The minimum atomic E-state index is -0.128. The van der Waals surface area contributed by atoms with Crippen molar-refractivity contribution in [1.29, 1.82) is 0 Å². The predicted octanol–water partition coefficient (Wildman–Crippen LogP) is 0.574. The van der Waals surface area contributed by atoms with Gasteiger partial charge in [-0.15, -0.1) is 0 Å². The SMILES string of the molecule is CCCCCn1c(CCC(=O)OC)c[n+](CCCCC)c1C.[Br-]. The van der Waals surface area contributed by atoms with E-state index in [9.17, 15) is 4.79 Å². The molecule has 0 amide bonds. The van der Waals surface area contributed by atoms with Gasteiger partial charge in [0.25, 0.3) is 5.82 Å². The smallest absolute Gasteiger partial charge is 0.305 e. The van der Waals surface area contributed by atoms with E-state index in [0.717, 1.165) is 19.5 Å². The zero-order chi connectivity index (χ0) is 16.4. The molecule has 0 spiro atoms. The minimum Gasteiger partial charge on any atom is -1.00 e. The van der Waals surface area contributed by atoms with Gasteiger partial charge in [0.2, 0.25) is 0 Å². The second-order valence-corrected chi connectivity index (χ2v) is 6.00. The van der Waals surface area contributed by atoms with Crippen molar-refractivity contribution in [3.05, 3.63) is 17.7 Å². The molecule has 0 aliphatic carbocycles. The van der Waals surface area contributed by atoms with Crippen molar-refractivity contribution in [3.8, 4) is 0 Å². The molecule has 1 aromatic heterocycles. The molecule has 0 saturated carbocycles. The minimum absolute atomic E-state index is 0. The molecule has 0 radical (unpaired) electrons. The van der Waals surface area contributed by atoms with Gasteiger partial charge >= 0.3 is 5.97 Å². The molecule has 0 aliphatic rings. The fourth-order valence-corrected chi connectivity index (χ4v) is 2.82. The summed E-state index contributed by atoms with van der Waals surface area (Å²) >= 11 is 0. The number of imidazole rings is 1. The van der Waals surface area contributed by atoms with E-state index in [1.807, 2.05) is 0 Å². The average Bonchev–Trinajstić information content (AvgIpc) is 2.82. The van der Waals surface area contributed by atoms with Crippen LogP contribution in [0.5, 0.6) is 0 Å². The second-order valence-electron chi connectivity index (χ2n) is 6.00. The molecule has 1 rings (SSSR count). The number of hydrogen-bond donors (Lipinski definition) is 0. The number of unbranched alkanes of at least 4 members (excludes halogenated alkanes) is 4. The van der Waals surface area contributed by atoms with Crippen LogP contribution in [0.1, 0.15) is 70.3 Å². The molecule has 23 heavy (non-hydrogen) atoms. The molecule has 4 nitrogen and oxygen atoms in total. The predicted molar refractivity (Wildman–Crippen MR) is 88.8 cm³/mol. The molecule has 0 bridgehead atoms. The van der Waals surface area contributed by atoms with E-state index in [2.05, 4.69) is 36.1 Å². The number of nitrogens with zero attached hydrogens (tertiary/aromatic N) is 2. The molecule has 0 N–H and O–H groups in total. The Morgan fingerprint density at radius 1 is 1.17 bits per heavy atom. The first-order valence-electron chi connectivity index (χ1n) is 8.79. The van der Waals surface area contributed by atoms with E-state index in [0.29, 0.717) is 6.42 Å². The van der Waals surface area contributed by atoms with Gasteiger partial charge in [0.15, 0.2) is 0 Å². The third kappa shape index (κ3) is 7.51. The molecular weight excluding hydrogens is 356 g/mol. The van der Waals surface area contributed by atoms with Crippen LogP contribution in [-0.2, 0) is 29.0 Å². The summed E-state index contributed by atoms with van der Waals surface area (Å²) in [6.07, 6.45) is 10.9. The van der Waals surface area contributed by atoms with Crippen LogP contribution in [0.15, 0.2) is 6.20 Å². The molecule has 1 aromatic rings. The van der Waals surface area contributed by atoms with E-state index >= 15 is 0 Å². The van der Waals surface area contributed by atoms with Crippen molar-refractivity contribution in [1.82, 2.24) is 4.57 Å². The third-order valence-electron chi connectivity index (χ3n) is 4.26. The Labute approximate surface area is 152 Å². The molecule has 0 atom stereocenters. The summed E-state index contributed by atoms with van der Waals surface area (Å²) in [5.41, 5.74) is 1.26. The standard InChI is InChI=1S/C18H33N2O2.BrH/c1-5-7-9-13-19-15-17(11-12-18(21)22-4)20(16(19)3)14-10-8-6-2;/h15H,5-14H2,1-4H3;1H/q+1;/p-1. The number of methoxy groups -OCH3 is 1. The fraction of sp³-hybridized carbons (Fsp3) is 0.778. The number of carbonyl (C=O) groups is 1. The number of halogens is 1. The molecule has 0 aliphatic heterocycles. The van der Waals surface area contributed by atoms with Gasteiger partial charge in [0, 0.05) is 13.3 Å². The van der Waals surface area contributed by atoms with Gasteiger partial charge in [0.05, 0.1) is 26.6 Å².